The average molecular weight is 409 g/mol. The lowest BCUT2D eigenvalue weighted by Crippen LogP contribution is -1.98. The number of hydrogen-bond donors (Lipinski definition) is 0. The molecule has 4 nitrogen and oxygen atoms in total. The van der Waals surface area contributed by atoms with Crippen LogP contribution in [0.5, 0.6) is 0 Å². The highest BCUT2D eigenvalue weighted by molar-refractivity contribution is 5.93. The van der Waals surface area contributed by atoms with Crippen LogP contribution in [0, 0.1) is 0 Å². The maximum atomic E-state index is 12.1. The molecule has 0 radical (unpaired) electrons. The fourth-order valence-electron chi connectivity index (χ4n) is 3.20. The van der Waals surface area contributed by atoms with E-state index >= 15 is 0 Å². The Morgan fingerprint density at radius 1 is 0.900 bits per heavy atom. The second-order valence-electron chi connectivity index (χ2n) is 7.60. The number of unbranched alkanes of at least 4 members (excludes halogenated alkanes) is 7. The van der Waals surface area contributed by atoms with Crippen molar-refractivity contribution >= 4 is 17.0 Å². The van der Waals surface area contributed by atoms with Gasteiger partial charge in [-0.1, -0.05) is 75.5 Å². The standard InChI is InChI=1S/C26H36N2O2/c1-2-3-4-5-6-7-8-9-10-11-12-13-14-15-16-17-18-20-23(29)26-28-25-24(30-26)21-19-22-27-25/h9-10,12-13,15-16,19,21-22H,2-8,11,14,17-18,20H2,1H3. The third-order valence-electron chi connectivity index (χ3n) is 4.95. The fraction of sp³-hybridized carbons (Fsp3) is 0.500. The SMILES string of the molecule is CCCCCCCCC=CCC=CCC=CCCCC(=O)c1nc2ncccc2o1. The van der Waals surface area contributed by atoms with E-state index in [1.54, 1.807) is 18.3 Å². The first-order chi connectivity index (χ1) is 14.8. The molecule has 0 aliphatic carbocycles. The lowest BCUT2D eigenvalue weighted by atomic mass is 10.1. The van der Waals surface area contributed by atoms with Crippen molar-refractivity contribution in [1.29, 1.82) is 0 Å². The number of pyridine rings is 1. The second kappa shape index (κ2) is 15.4. The number of nitrogens with zero attached hydrogens (tertiary/aromatic N) is 2. The number of rotatable bonds is 16. The molecule has 0 N–H and O–H groups in total. The van der Waals surface area contributed by atoms with Gasteiger partial charge in [-0.3, -0.25) is 4.79 Å². The van der Waals surface area contributed by atoms with Crippen LogP contribution >= 0.6 is 0 Å². The van der Waals surface area contributed by atoms with Gasteiger partial charge in [0.05, 0.1) is 0 Å². The molecule has 2 heterocycles. The molecule has 2 rings (SSSR count). The molecule has 0 aliphatic heterocycles. The van der Waals surface area contributed by atoms with Crippen LogP contribution in [0.25, 0.3) is 11.2 Å². The summed E-state index contributed by atoms with van der Waals surface area (Å²) >= 11 is 0. The largest absolute Gasteiger partial charge is 0.432 e. The van der Waals surface area contributed by atoms with E-state index in [9.17, 15) is 4.79 Å². The van der Waals surface area contributed by atoms with Crippen molar-refractivity contribution in [3.05, 3.63) is 60.7 Å². The van der Waals surface area contributed by atoms with Crippen molar-refractivity contribution < 1.29 is 9.21 Å². The minimum absolute atomic E-state index is 0.0611. The summed E-state index contributed by atoms with van der Waals surface area (Å²) in [5.74, 6) is 0.106. The highest BCUT2D eigenvalue weighted by Crippen LogP contribution is 2.14. The number of hydrogen-bond acceptors (Lipinski definition) is 4. The fourth-order valence-corrected chi connectivity index (χ4v) is 3.20. The predicted octanol–water partition coefficient (Wildman–Crippen LogP) is 7.78. The van der Waals surface area contributed by atoms with Gasteiger partial charge < -0.3 is 4.42 Å². The van der Waals surface area contributed by atoms with Crippen molar-refractivity contribution in [1.82, 2.24) is 9.97 Å². The average Bonchev–Trinajstić information content (AvgIpc) is 3.20. The van der Waals surface area contributed by atoms with Crippen LogP contribution in [0.1, 0.15) is 94.7 Å². The summed E-state index contributed by atoms with van der Waals surface area (Å²) in [5, 5.41) is 0. The molecule has 4 heteroatoms. The smallest absolute Gasteiger partial charge is 0.265 e. The highest BCUT2D eigenvalue weighted by Gasteiger charge is 2.13. The van der Waals surface area contributed by atoms with Crippen molar-refractivity contribution in [2.75, 3.05) is 0 Å². The molecule has 30 heavy (non-hydrogen) atoms. The molecule has 0 saturated carbocycles. The van der Waals surface area contributed by atoms with Crippen LogP contribution < -0.4 is 0 Å². The molecule has 2 aromatic rings. The number of carbonyl (C=O) groups excluding carboxylic acids is 1. The highest BCUT2D eigenvalue weighted by atomic mass is 16.4. The molecular weight excluding hydrogens is 372 g/mol. The zero-order chi connectivity index (χ0) is 21.3. The number of carbonyl (C=O) groups is 1. The van der Waals surface area contributed by atoms with E-state index in [0.29, 0.717) is 17.7 Å². The lowest BCUT2D eigenvalue weighted by Gasteiger charge is -1.97. The molecule has 162 valence electrons. The number of allylic oxidation sites excluding steroid dienone is 6. The number of oxazole rings is 1. The van der Waals surface area contributed by atoms with Crippen molar-refractivity contribution in [3.8, 4) is 0 Å². The van der Waals surface area contributed by atoms with Crippen LogP contribution in [-0.4, -0.2) is 15.8 Å². The second-order valence-corrected chi connectivity index (χ2v) is 7.60. The van der Waals surface area contributed by atoms with Crippen LogP contribution in [-0.2, 0) is 0 Å². The summed E-state index contributed by atoms with van der Waals surface area (Å²) in [6.45, 7) is 2.26. The summed E-state index contributed by atoms with van der Waals surface area (Å²) in [5.41, 5.74) is 1.05. The minimum atomic E-state index is -0.0611. The topological polar surface area (TPSA) is 56.0 Å². The minimum Gasteiger partial charge on any atom is -0.432 e. The molecule has 0 unspecified atom stereocenters. The number of ketones is 1. The molecule has 0 bridgehead atoms. The summed E-state index contributed by atoms with van der Waals surface area (Å²) in [6, 6.07) is 3.54. The van der Waals surface area contributed by atoms with E-state index in [4.69, 9.17) is 4.42 Å². The van der Waals surface area contributed by atoms with Gasteiger partial charge in [-0.15, -0.1) is 0 Å². The van der Waals surface area contributed by atoms with E-state index in [2.05, 4.69) is 53.3 Å². The van der Waals surface area contributed by atoms with Crippen molar-refractivity contribution in [3.63, 3.8) is 0 Å². The van der Waals surface area contributed by atoms with Crippen molar-refractivity contribution in [2.24, 2.45) is 0 Å². The van der Waals surface area contributed by atoms with Gasteiger partial charge in [0.2, 0.25) is 5.78 Å². The summed E-state index contributed by atoms with van der Waals surface area (Å²) < 4.78 is 5.46. The third kappa shape index (κ3) is 9.82. The van der Waals surface area contributed by atoms with Gasteiger partial charge in [0.25, 0.3) is 5.89 Å². The molecular formula is C26H36N2O2. The Bertz CT molecular complexity index is 784. The van der Waals surface area contributed by atoms with Crippen LogP contribution in [0.4, 0.5) is 0 Å². The van der Waals surface area contributed by atoms with E-state index in [-0.39, 0.29) is 11.7 Å². The zero-order valence-electron chi connectivity index (χ0n) is 18.4. The van der Waals surface area contributed by atoms with Gasteiger partial charge in [0, 0.05) is 12.6 Å². The zero-order valence-corrected chi connectivity index (χ0v) is 18.4. The van der Waals surface area contributed by atoms with Crippen molar-refractivity contribution in [2.45, 2.75) is 84.0 Å². The maximum Gasteiger partial charge on any atom is 0.265 e. The first-order valence-electron chi connectivity index (χ1n) is 11.5. The van der Waals surface area contributed by atoms with Gasteiger partial charge in [-0.2, -0.15) is 4.98 Å². The van der Waals surface area contributed by atoms with Gasteiger partial charge >= 0.3 is 0 Å². The Hall–Kier alpha value is -2.49. The lowest BCUT2D eigenvalue weighted by molar-refractivity contribution is 0.0949. The molecule has 0 aromatic carbocycles. The molecule has 2 aromatic heterocycles. The number of Topliss-reactive ketones (excluding diaryl/α,β-unsaturated/α-hetero) is 1. The first-order valence-corrected chi connectivity index (χ1v) is 11.5. The van der Waals surface area contributed by atoms with E-state index in [1.165, 1.54) is 44.9 Å². The van der Waals surface area contributed by atoms with Crippen LogP contribution in [0.2, 0.25) is 0 Å². The monoisotopic (exact) mass is 408 g/mol. The van der Waals surface area contributed by atoms with Gasteiger partial charge in [0.15, 0.2) is 11.2 Å². The molecule has 0 amide bonds. The normalized spacial score (nSPS) is 12.2. The summed E-state index contributed by atoms with van der Waals surface area (Å²) in [6.07, 6.45) is 28.4. The van der Waals surface area contributed by atoms with Gasteiger partial charge in [-0.05, 0) is 50.7 Å². The third-order valence-corrected chi connectivity index (χ3v) is 4.95. The maximum absolute atomic E-state index is 12.1. The van der Waals surface area contributed by atoms with E-state index < -0.39 is 0 Å². The molecule has 0 aliphatic rings. The van der Waals surface area contributed by atoms with Crippen LogP contribution in [0.3, 0.4) is 0 Å². The molecule has 0 saturated heterocycles. The Labute approximate surface area is 181 Å². The molecule has 0 fully saturated rings. The summed E-state index contributed by atoms with van der Waals surface area (Å²) in [4.78, 5) is 20.4. The van der Waals surface area contributed by atoms with Crippen LogP contribution in [0.15, 0.2) is 59.2 Å². The van der Waals surface area contributed by atoms with Gasteiger partial charge in [0.1, 0.15) is 0 Å². The van der Waals surface area contributed by atoms with Gasteiger partial charge in [-0.25, -0.2) is 4.98 Å². The molecule has 0 atom stereocenters. The Kier molecular flexibility index (Phi) is 12.2. The quantitative estimate of drug-likeness (QED) is 0.162. The number of aromatic nitrogens is 2. The van der Waals surface area contributed by atoms with E-state index in [1.807, 2.05) is 0 Å². The Morgan fingerprint density at radius 2 is 1.57 bits per heavy atom. The first kappa shape index (κ1) is 23.8. The number of fused-ring (bicyclic) bond motifs is 1. The Balaban J connectivity index is 1.46. The molecule has 0 spiro atoms. The Morgan fingerprint density at radius 3 is 2.30 bits per heavy atom. The summed E-state index contributed by atoms with van der Waals surface area (Å²) in [7, 11) is 0. The predicted molar refractivity (Wildman–Crippen MR) is 125 cm³/mol. The van der Waals surface area contributed by atoms with E-state index in [0.717, 1.165) is 25.7 Å².